The van der Waals surface area contributed by atoms with E-state index in [0.717, 1.165) is 11.0 Å². The number of benzene rings is 1. The minimum absolute atomic E-state index is 0.139. The number of amides is 1. The van der Waals surface area contributed by atoms with E-state index < -0.39 is 0 Å². The first kappa shape index (κ1) is 12.1. The van der Waals surface area contributed by atoms with Gasteiger partial charge in [0.05, 0.1) is 11.0 Å². The summed E-state index contributed by atoms with van der Waals surface area (Å²) >= 11 is 0. The van der Waals surface area contributed by atoms with E-state index in [1.807, 2.05) is 31.2 Å². The first-order valence-corrected chi connectivity index (χ1v) is 5.63. The van der Waals surface area contributed by atoms with Gasteiger partial charge in [0.2, 0.25) is 5.91 Å². The standard InChI is InChI=1S/C12H15N5O/c1-7(6-10(13)18)15-12-11(14)16-8-4-2-3-5-9(8)17-12/h2-5,7H,6H2,1H3,(H2,13,18)(H2,14,16)(H,15,17). The summed E-state index contributed by atoms with van der Waals surface area (Å²) < 4.78 is 0. The van der Waals surface area contributed by atoms with Crippen molar-refractivity contribution in [3.63, 3.8) is 0 Å². The second-order valence-electron chi connectivity index (χ2n) is 4.16. The van der Waals surface area contributed by atoms with Gasteiger partial charge in [0.25, 0.3) is 0 Å². The topological polar surface area (TPSA) is 107 Å². The number of rotatable bonds is 4. The fourth-order valence-corrected chi connectivity index (χ4v) is 1.71. The zero-order chi connectivity index (χ0) is 13.1. The van der Waals surface area contributed by atoms with E-state index in [2.05, 4.69) is 15.3 Å². The number of hydrogen-bond acceptors (Lipinski definition) is 5. The van der Waals surface area contributed by atoms with E-state index in [9.17, 15) is 4.79 Å². The lowest BCUT2D eigenvalue weighted by Gasteiger charge is -2.14. The Hall–Kier alpha value is -2.37. The van der Waals surface area contributed by atoms with Gasteiger partial charge < -0.3 is 16.8 Å². The maximum atomic E-state index is 10.8. The Morgan fingerprint density at radius 1 is 1.33 bits per heavy atom. The summed E-state index contributed by atoms with van der Waals surface area (Å²) in [5, 5.41) is 3.03. The quantitative estimate of drug-likeness (QED) is 0.741. The molecule has 1 heterocycles. The Morgan fingerprint density at radius 2 is 1.94 bits per heavy atom. The highest BCUT2D eigenvalue weighted by Crippen LogP contribution is 2.19. The second-order valence-corrected chi connectivity index (χ2v) is 4.16. The van der Waals surface area contributed by atoms with Crippen molar-refractivity contribution < 1.29 is 4.79 Å². The van der Waals surface area contributed by atoms with Crippen molar-refractivity contribution in [3.05, 3.63) is 24.3 Å². The van der Waals surface area contributed by atoms with E-state index in [-0.39, 0.29) is 18.4 Å². The molecule has 6 nitrogen and oxygen atoms in total. The fraction of sp³-hybridized carbons (Fsp3) is 0.250. The lowest BCUT2D eigenvalue weighted by atomic mass is 10.2. The molecule has 0 bridgehead atoms. The molecule has 6 heteroatoms. The van der Waals surface area contributed by atoms with Crippen LogP contribution in [0, 0.1) is 0 Å². The van der Waals surface area contributed by atoms with E-state index >= 15 is 0 Å². The lowest BCUT2D eigenvalue weighted by molar-refractivity contribution is -0.118. The zero-order valence-corrected chi connectivity index (χ0v) is 10.1. The third kappa shape index (κ3) is 2.65. The predicted molar refractivity (Wildman–Crippen MR) is 70.8 cm³/mol. The molecule has 94 valence electrons. The molecular formula is C12H15N5O. The predicted octanol–water partition coefficient (Wildman–Crippen LogP) is 0.888. The van der Waals surface area contributed by atoms with E-state index in [1.165, 1.54) is 0 Å². The molecule has 1 aromatic heterocycles. The number of carbonyl (C=O) groups excluding carboxylic acids is 1. The molecule has 1 atom stereocenters. The largest absolute Gasteiger partial charge is 0.381 e. The summed E-state index contributed by atoms with van der Waals surface area (Å²) in [4.78, 5) is 19.4. The van der Waals surface area contributed by atoms with Gasteiger partial charge in [-0.15, -0.1) is 0 Å². The molecule has 5 N–H and O–H groups in total. The van der Waals surface area contributed by atoms with Crippen LogP contribution in [0.2, 0.25) is 0 Å². The summed E-state index contributed by atoms with van der Waals surface area (Å²) in [6.07, 6.45) is 0.216. The smallest absolute Gasteiger partial charge is 0.219 e. The third-order valence-electron chi connectivity index (χ3n) is 2.49. The molecule has 18 heavy (non-hydrogen) atoms. The van der Waals surface area contributed by atoms with Crippen LogP contribution in [0.3, 0.4) is 0 Å². The average Bonchev–Trinajstić information content (AvgIpc) is 2.29. The van der Waals surface area contributed by atoms with Crippen molar-refractivity contribution >= 4 is 28.6 Å². The van der Waals surface area contributed by atoms with Crippen LogP contribution in [0.4, 0.5) is 11.6 Å². The van der Waals surface area contributed by atoms with Gasteiger partial charge in [0, 0.05) is 12.5 Å². The molecule has 0 saturated heterocycles. The van der Waals surface area contributed by atoms with Gasteiger partial charge in [-0.25, -0.2) is 9.97 Å². The number of nitrogens with one attached hydrogen (secondary N) is 1. The average molecular weight is 245 g/mol. The van der Waals surface area contributed by atoms with Crippen LogP contribution in [0.1, 0.15) is 13.3 Å². The molecule has 1 amide bonds. The van der Waals surface area contributed by atoms with E-state index in [1.54, 1.807) is 0 Å². The Morgan fingerprint density at radius 3 is 2.56 bits per heavy atom. The number of fused-ring (bicyclic) bond motifs is 1. The summed E-state index contributed by atoms with van der Waals surface area (Å²) in [5.41, 5.74) is 12.4. The van der Waals surface area contributed by atoms with Crippen LogP contribution in [-0.4, -0.2) is 21.9 Å². The summed E-state index contributed by atoms with van der Waals surface area (Å²) in [7, 11) is 0. The van der Waals surface area contributed by atoms with Crippen molar-refractivity contribution in [2.24, 2.45) is 5.73 Å². The molecule has 0 aliphatic carbocycles. The van der Waals surface area contributed by atoms with Gasteiger partial charge in [-0.05, 0) is 19.1 Å². The minimum atomic E-state index is -0.373. The van der Waals surface area contributed by atoms with Gasteiger partial charge in [0.1, 0.15) is 0 Å². The molecule has 0 radical (unpaired) electrons. The Bertz CT molecular complexity index is 584. The third-order valence-corrected chi connectivity index (χ3v) is 2.49. The highest BCUT2D eigenvalue weighted by atomic mass is 16.1. The second kappa shape index (κ2) is 4.87. The summed E-state index contributed by atoms with van der Waals surface area (Å²) in [5.74, 6) is 0.412. The number of nitrogens with zero attached hydrogens (tertiary/aromatic N) is 2. The minimum Gasteiger partial charge on any atom is -0.381 e. The number of primary amides is 1. The highest BCUT2D eigenvalue weighted by Gasteiger charge is 2.10. The van der Waals surface area contributed by atoms with Crippen molar-refractivity contribution in [1.29, 1.82) is 0 Å². The number of nitrogen functional groups attached to an aromatic ring is 1. The van der Waals surface area contributed by atoms with Crippen LogP contribution < -0.4 is 16.8 Å². The van der Waals surface area contributed by atoms with Crippen LogP contribution in [0.15, 0.2) is 24.3 Å². The maximum Gasteiger partial charge on any atom is 0.219 e. The van der Waals surface area contributed by atoms with Gasteiger partial charge in [-0.3, -0.25) is 4.79 Å². The molecule has 1 unspecified atom stereocenters. The molecule has 2 aromatic rings. The molecule has 0 fully saturated rings. The number of carbonyl (C=O) groups is 1. The number of anilines is 2. The molecule has 0 spiro atoms. The number of aromatic nitrogens is 2. The molecule has 1 aromatic carbocycles. The Labute approximate surface area is 104 Å². The normalized spacial score (nSPS) is 12.3. The van der Waals surface area contributed by atoms with E-state index in [4.69, 9.17) is 11.5 Å². The van der Waals surface area contributed by atoms with Gasteiger partial charge in [0.15, 0.2) is 11.6 Å². The lowest BCUT2D eigenvalue weighted by Crippen LogP contribution is -2.25. The highest BCUT2D eigenvalue weighted by molar-refractivity contribution is 5.80. The summed E-state index contributed by atoms with van der Waals surface area (Å²) in [6, 6.07) is 7.31. The first-order valence-electron chi connectivity index (χ1n) is 5.63. The van der Waals surface area contributed by atoms with Crippen molar-refractivity contribution in [2.45, 2.75) is 19.4 Å². The molecule has 0 aliphatic heterocycles. The van der Waals surface area contributed by atoms with Crippen molar-refractivity contribution in [2.75, 3.05) is 11.1 Å². The zero-order valence-electron chi connectivity index (χ0n) is 10.1. The molecular weight excluding hydrogens is 230 g/mol. The van der Waals surface area contributed by atoms with Gasteiger partial charge in [-0.1, -0.05) is 12.1 Å². The Kier molecular flexibility index (Phi) is 3.27. The van der Waals surface area contributed by atoms with Crippen molar-refractivity contribution in [3.8, 4) is 0 Å². The summed E-state index contributed by atoms with van der Waals surface area (Å²) in [6.45, 7) is 1.83. The first-order chi connectivity index (χ1) is 8.56. The van der Waals surface area contributed by atoms with E-state index in [0.29, 0.717) is 11.6 Å². The van der Waals surface area contributed by atoms with Gasteiger partial charge >= 0.3 is 0 Å². The number of nitrogens with two attached hydrogens (primary N) is 2. The Balaban J connectivity index is 2.27. The monoisotopic (exact) mass is 245 g/mol. The SMILES string of the molecule is CC(CC(N)=O)Nc1nc2ccccc2nc1N. The van der Waals surface area contributed by atoms with Crippen molar-refractivity contribution in [1.82, 2.24) is 9.97 Å². The molecule has 0 saturated carbocycles. The van der Waals surface area contributed by atoms with Crippen LogP contribution >= 0.6 is 0 Å². The van der Waals surface area contributed by atoms with Gasteiger partial charge in [-0.2, -0.15) is 0 Å². The molecule has 2 rings (SSSR count). The van der Waals surface area contributed by atoms with Crippen LogP contribution in [-0.2, 0) is 4.79 Å². The molecule has 0 aliphatic rings. The number of hydrogen-bond donors (Lipinski definition) is 3. The van der Waals surface area contributed by atoms with Crippen LogP contribution in [0.5, 0.6) is 0 Å². The number of para-hydroxylation sites is 2. The maximum absolute atomic E-state index is 10.8. The van der Waals surface area contributed by atoms with Crippen LogP contribution in [0.25, 0.3) is 11.0 Å². The fourth-order valence-electron chi connectivity index (χ4n) is 1.71.